The smallest absolute Gasteiger partial charge is 0.316 e. The third-order valence-electron chi connectivity index (χ3n) is 2.17. The molecule has 0 spiro atoms. The first-order chi connectivity index (χ1) is 6.15. The standard InChI is InChI=1S/C9H13ClN2O/c1-3-8(2)11-4-6-12(7-5-11)9(10)13/h3H,1-2,4-7H2. The van der Waals surface area contributed by atoms with Gasteiger partial charge in [0.25, 0.3) is 0 Å². The van der Waals surface area contributed by atoms with E-state index in [1.54, 1.807) is 11.0 Å². The first kappa shape index (κ1) is 10.1. The number of carbonyl (C=O) groups excluding carboxylic acids is 1. The molecule has 72 valence electrons. The molecule has 0 aromatic heterocycles. The van der Waals surface area contributed by atoms with Crippen LogP contribution in [0.4, 0.5) is 4.79 Å². The van der Waals surface area contributed by atoms with E-state index in [2.05, 4.69) is 18.1 Å². The van der Waals surface area contributed by atoms with Gasteiger partial charge < -0.3 is 9.80 Å². The highest BCUT2D eigenvalue weighted by Crippen LogP contribution is 2.09. The van der Waals surface area contributed by atoms with Gasteiger partial charge in [-0.1, -0.05) is 13.2 Å². The minimum Gasteiger partial charge on any atom is -0.368 e. The van der Waals surface area contributed by atoms with E-state index >= 15 is 0 Å². The Morgan fingerprint density at radius 2 is 1.69 bits per heavy atom. The van der Waals surface area contributed by atoms with E-state index in [-0.39, 0.29) is 5.37 Å². The molecule has 0 bridgehead atoms. The summed E-state index contributed by atoms with van der Waals surface area (Å²) in [4.78, 5) is 14.5. The Hall–Kier alpha value is -0.960. The number of hydrogen-bond acceptors (Lipinski definition) is 2. The topological polar surface area (TPSA) is 23.6 Å². The van der Waals surface area contributed by atoms with Crippen molar-refractivity contribution in [2.45, 2.75) is 0 Å². The van der Waals surface area contributed by atoms with Gasteiger partial charge in [0.2, 0.25) is 0 Å². The van der Waals surface area contributed by atoms with Crippen molar-refractivity contribution in [2.24, 2.45) is 0 Å². The third kappa shape index (κ3) is 2.49. The zero-order valence-corrected chi connectivity index (χ0v) is 8.26. The van der Waals surface area contributed by atoms with Crippen molar-refractivity contribution in [3.8, 4) is 0 Å². The van der Waals surface area contributed by atoms with E-state index in [1.807, 2.05) is 0 Å². The molecule has 0 saturated carbocycles. The van der Waals surface area contributed by atoms with E-state index in [9.17, 15) is 4.79 Å². The van der Waals surface area contributed by atoms with Crippen LogP contribution in [0.1, 0.15) is 0 Å². The molecular formula is C9H13ClN2O. The second-order valence-corrected chi connectivity index (χ2v) is 3.25. The molecule has 0 N–H and O–H groups in total. The van der Waals surface area contributed by atoms with Crippen molar-refractivity contribution in [3.05, 3.63) is 24.9 Å². The zero-order valence-electron chi connectivity index (χ0n) is 7.50. The Bertz CT molecular complexity index is 232. The van der Waals surface area contributed by atoms with Crippen LogP contribution in [-0.4, -0.2) is 41.3 Å². The number of nitrogens with zero attached hydrogens (tertiary/aromatic N) is 2. The van der Waals surface area contributed by atoms with Gasteiger partial charge >= 0.3 is 5.37 Å². The second kappa shape index (κ2) is 4.33. The van der Waals surface area contributed by atoms with Crippen molar-refractivity contribution < 1.29 is 4.79 Å². The van der Waals surface area contributed by atoms with E-state index in [0.29, 0.717) is 13.1 Å². The zero-order chi connectivity index (χ0) is 9.84. The van der Waals surface area contributed by atoms with Crippen LogP contribution in [0.25, 0.3) is 0 Å². The monoisotopic (exact) mass is 200 g/mol. The van der Waals surface area contributed by atoms with Gasteiger partial charge in [0.05, 0.1) is 0 Å². The highest BCUT2D eigenvalue weighted by molar-refractivity contribution is 6.62. The summed E-state index contributed by atoms with van der Waals surface area (Å²) in [6, 6.07) is 0. The maximum atomic E-state index is 10.8. The first-order valence-electron chi connectivity index (χ1n) is 4.16. The number of hydrogen-bond donors (Lipinski definition) is 0. The van der Waals surface area contributed by atoms with Gasteiger partial charge in [-0.3, -0.25) is 4.79 Å². The number of carbonyl (C=O) groups is 1. The summed E-state index contributed by atoms with van der Waals surface area (Å²) in [5.74, 6) is 0. The third-order valence-corrected chi connectivity index (χ3v) is 2.41. The van der Waals surface area contributed by atoms with Gasteiger partial charge in [-0.15, -0.1) is 0 Å². The Morgan fingerprint density at radius 3 is 2.08 bits per heavy atom. The fraction of sp³-hybridized carbons (Fsp3) is 0.444. The summed E-state index contributed by atoms with van der Waals surface area (Å²) in [6.07, 6.45) is 1.72. The van der Waals surface area contributed by atoms with Gasteiger partial charge in [-0.2, -0.15) is 0 Å². The summed E-state index contributed by atoms with van der Waals surface area (Å²) in [5.41, 5.74) is 0.904. The first-order valence-corrected chi connectivity index (χ1v) is 4.53. The van der Waals surface area contributed by atoms with Crippen LogP contribution in [0.5, 0.6) is 0 Å². The van der Waals surface area contributed by atoms with Gasteiger partial charge in [0, 0.05) is 31.9 Å². The molecule has 0 aromatic carbocycles. The molecular weight excluding hydrogens is 188 g/mol. The van der Waals surface area contributed by atoms with E-state index in [4.69, 9.17) is 11.6 Å². The lowest BCUT2D eigenvalue weighted by atomic mass is 10.3. The Balaban J connectivity index is 2.43. The van der Waals surface area contributed by atoms with Crippen molar-refractivity contribution in [2.75, 3.05) is 26.2 Å². The molecule has 3 nitrogen and oxygen atoms in total. The summed E-state index contributed by atoms with van der Waals surface area (Å²) in [6.45, 7) is 10.4. The molecule has 1 amide bonds. The number of allylic oxidation sites excluding steroid dienone is 1. The predicted molar refractivity (Wildman–Crippen MR) is 53.7 cm³/mol. The van der Waals surface area contributed by atoms with Gasteiger partial charge in [-0.05, 0) is 17.7 Å². The van der Waals surface area contributed by atoms with Crippen LogP contribution >= 0.6 is 11.6 Å². The lowest BCUT2D eigenvalue weighted by molar-refractivity contribution is 0.177. The molecule has 0 atom stereocenters. The Kier molecular flexibility index (Phi) is 3.37. The largest absolute Gasteiger partial charge is 0.368 e. The SMILES string of the molecule is C=CC(=C)N1CCN(C(=O)Cl)CC1. The lowest BCUT2D eigenvalue weighted by Crippen LogP contribution is -2.46. The minimum absolute atomic E-state index is 0.371. The number of halogens is 1. The van der Waals surface area contributed by atoms with Crippen molar-refractivity contribution in [3.63, 3.8) is 0 Å². The van der Waals surface area contributed by atoms with E-state index in [0.717, 1.165) is 18.8 Å². The van der Waals surface area contributed by atoms with Gasteiger partial charge in [0.1, 0.15) is 0 Å². The normalized spacial score (nSPS) is 17.0. The van der Waals surface area contributed by atoms with Gasteiger partial charge in [-0.25, -0.2) is 0 Å². The van der Waals surface area contributed by atoms with Crippen molar-refractivity contribution in [1.82, 2.24) is 9.80 Å². The Morgan fingerprint density at radius 1 is 1.23 bits per heavy atom. The van der Waals surface area contributed by atoms with Crippen LogP contribution in [0.15, 0.2) is 24.9 Å². The summed E-state index contributed by atoms with van der Waals surface area (Å²) < 4.78 is 0. The second-order valence-electron chi connectivity index (χ2n) is 2.92. The Labute approximate surface area is 83.3 Å². The maximum Gasteiger partial charge on any atom is 0.316 e. The van der Waals surface area contributed by atoms with Crippen molar-refractivity contribution in [1.29, 1.82) is 0 Å². The molecule has 0 unspecified atom stereocenters. The lowest BCUT2D eigenvalue weighted by Gasteiger charge is -2.35. The van der Waals surface area contributed by atoms with Crippen LogP contribution < -0.4 is 0 Å². The number of piperazine rings is 1. The molecule has 1 rings (SSSR count). The molecule has 0 aliphatic carbocycles. The fourth-order valence-corrected chi connectivity index (χ4v) is 1.47. The highest BCUT2D eigenvalue weighted by atomic mass is 35.5. The number of rotatable bonds is 2. The molecule has 0 aromatic rings. The number of amides is 1. The quantitative estimate of drug-likeness (QED) is 0.385. The summed E-state index contributed by atoms with van der Waals surface area (Å²) >= 11 is 5.34. The minimum atomic E-state index is -0.371. The van der Waals surface area contributed by atoms with Gasteiger partial charge in [0.15, 0.2) is 0 Å². The molecule has 1 saturated heterocycles. The maximum absolute atomic E-state index is 10.8. The molecule has 1 aliphatic heterocycles. The molecule has 0 radical (unpaired) electrons. The van der Waals surface area contributed by atoms with Crippen LogP contribution in [-0.2, 0) is 0 Å². The van der Waals surface area contributed by atoms with Crippen molar-refractivity contribution >= 4 is 17.0 Å². The molecule has 1 aliphatic rings. The molecule has 4 heteroatoms. The highest BCUT2D eigenvalue weighted by Gasteiger charge is 2.19. The molecule has 1 fully saturated rings. The van der Waals surface area contributed by atoms with Crippen LogP contribution in [0.2, 0.25) is 0 Å². The summed E-state index contributed by atoms with van der Waals surface area (Å²) in [7, 11) is 0. The average molecular weight is 201 g/mol. The summed E-state index contributed by atoms with van der Waals surface area (Å²) in [5, 5.41) is -0.371. The van der Waals surface area contributed by atoms with Crippen LogP contribution in [0.3, 0.4) is 0 Å². The van der Waals surface area contributed by atoms with Crippen LogP contribution in [0, 0.1) is 0 Å². The van der Waals surface area contributed by atoms with E-state index < -0.39 is 0 Å². The van der Waals surface area contributed by atoms with E-state index in [1.165, 1.54) is 0 Å². The fourth-order valence-electron chi connectivity index (χ4n) is 1.30. The predicted octanol–water partition coefficient (Wildman–Crippen LogP) is 1.66. The molecule has 13 heavy (non-hydrogen) atoms. The molecule has 1 heterocycles. The average Bonchev–Trinajstić information content (AvgIpc) is 2.17.